The van der Waals surface area contributed by atoms with Crippen LogP contribution in [0.3, 0.4) is 0 Å². The first-order valence-corrected chi connectivity index (χ1v) is 11.4. The molecule has 0 saturated heterocycles. The summed E-state index contributed by atoms with van der Waals surface area (Å²) >= 11 is 3.43. The van der Waals surface area contributed by atoms with Crippen LogP contribution < -0.4 is 14.8 Å². The monoisotopic (exact) mass is 504 g/mol. The first-order valence-electron chi connectivity index (χ1n) is 10.6. The molecule has 0 aliphatic heterocycles. The van der Waals surface area contributed by atoms with Gasteiger partial charge in [-0.3, -0.25) is 9.59 Å². The number of nitrogens with zero attached hydrogens (tertiary/aromatic N) is 1. The van der Waals surface area contributed by atoms with E-state index >= 15 is 0 Å². The highest BCUT2D eigenvalue weighted by Gasteiger charge is 2.28. The van der Waals surface area contributed by atoms with Crippen LogP contribution >= 0.6 is 15.9 Å². The third-order valence-electron chi connectivity index (χ3n) is 5.01. The summed E-state index contributed by atoms with van der Waals surface area (Å²) in [6.07, 6.45) is 0.808. The van der Waals surface area contributed by atoms with Gasteiger partial charge >= 0.3 is 0 Å². The third kappa shape index (κ3) is 7.55. The first-order chi connectivity index (χ1) is 15.0. The van der Waals surface area contributed by atoms with Crippen molar-refractivity contribution < 1.29 is 19.1 Å². The van der Waals surface area contributed by atoms with Gasteiger partial charge in [0.2, 0.25) is 11.8 Å². The largest absolute Gasteiger partial charge is 0.493 e. The molecule has 1 N–H and O–H groups in total. The maximum atomic E-state index is 13.3. The molecule has 6 nitrogen and oxygen atoms in total. The van der Waals surface area contributed by atoms with Crippen molar-refractivity contribution in [1.82, 2.24) is 10.2 Å². The summed E-state index contributed by atoms with van der Waals surface area (Å²) in [5, 5.41) is 2.98. The van der Waals surface area contributed by atoms with Crippen LogP contribution in [0.25, 0.3) is 0 Å². The van der Waals surface area contributed by atoms with E-state index in [1.807, 2.05) is 63.2 Å². The number of benzene rings is 2. The standard InChI is InChI=1S/C25H33BrN2O4/c1-17(24(30)27-25(2,3)4)28(16-19-7-11-20(26)12-8-19)23(29)14-10-18-9-13-21(31-5)22(15-18)32-6/h7-9,11-13,15,17H,10,14,16H2,1-6H3,(H,27,30)/t17-/m0/s1. The Kier molecular flexibility index (Phi) is 9.13. The average molecular weight is 505 g/mol. The number of amides is 2. The average Bonchev–Trinajstić information content (AvgIpc) is 2.75. The molecule has 2 aromatic carbocycles. The number of carbonyl (C=O) groups excluding carboxylic acids is 2. The minimum atomic E-state index is -0.601. The molecule has 0 spiro atoms. The molecular weight excluding hydrogens is 472 g/mol. The fraction of sp³-hybridized carbons (Fsp3) is 0.440. The smallest absolute Gasteiger partial charge is 0.242 e. The van der Waals surface area contributed by atoms with Crippen molar-refractivity contribution in [2.45, 2.75) is 58.7 Å². The van der Waals surface area contributed by atoms with Crippen molar-refractivity contribution >= 4 is 27.7 Å². The number of aryl methyl sites for hydroxylation is 1. The molecule has 0 heterocycles. The minimum absolute atomic E-state index is 0.0840. The molecule has 0 unspecified atom stereocenters. The van der Waals surface area contributed by atoms with Crippen LogP contribution in [0.15, 0.2) is 46.9 Å². The third-order valence-corrected chi connectivity index (χ3v) is 5.54. The van der Waals surface area contributed by atoms with E-state index in [4.69, 9.17) is 9.47 Å². The second-order valence-corrected chi connectivity index (χ2v) is 9.67. The Morgan fingerprint density at radius 2 is 1.59 bits per heavy atom. The molecule has 1 atom stereocenters. The molecule has 2 rings (SSSR count). The van der Waals surface area contributed by atoms with Gasteiger partial charge in [-0.05, 0) is 69.5 Å². The van der Waals surface area contributed by atoms with Crippen LogP contribution in [0.2, 0.25) is 0 Å². The molecule has 7 heteroatoms. The number of halogens is 1. The van der Waals surface area contributed by atoms with E-state index in [2.05, 4.69) is 21.2 Å². The topological polar surface area (TPSA) is 67.9 Å². The fourth-order valence-corrected chi connectivity index (χ4v) is 3.54. The predicted octanol–water partition coefficient (Wildman–Crippen LogP) is 4.73. The normalized spacial score (nSPS) is 12.1. The number of carbonyl (C=O) groups is 2. The number of rotatable bonds is 9. The number of nitrogens with one attached hydrogen (secondary N) is 1. The van der Waals surface area contributed by atoms with Gasteiger partial charge in [0.25, 0.3) is 0 Å². The van der Waals surface area contributed by atoms with Gasteiger partial charge in [0.1, 0.15) is 6.04 Å². The molecule has 2 amide bonds. The number of methoxy groups -OCH3 is 2. The highest BCUT2D eigenvalue weighted by atomic mass is 79.9. The molecule has 0 saturated carbocycles. The molecule has 0 aliphatic rings. The van der Waals surface area contributed by atoms with E-state index in [0.29, 0.717) is 24.5 Å². The van der Waals surface area contributed by atoms with Crippen LogP contribution in [-0.2, 0) is 22.6 Å². The molecule has 174 valence electrons. The van der Waals surface area contributed by atoms with Gasteiger partial charge in [-0.1, -0.05) is 34.1 Å². The molecule has 32 heavy (non-hydrogen) atoms. The lowest BCUT2D eigenvalue weighted by atomic mass is 10.1. The van der Waals surface area contributed by atoms with Crippen LogP contribution in [0.4, 0.5) is 0 Å². The lowest BCUT2D eigenvalue weighted by Gasteiger charge is -2.31. The van der Waals surface area contributed by atoms with Crippen molar-refractivity contribution in [3.05, 3.63) is 58.1 Å². The number of hydrogen-bond donors (Lipinski definition) is 1. The second kappa shape index (κ2) is 11.4. The lowest BCUT2D eigenvalue weighted by Crippen LogP contribution is -2.52. The van der Waals surface area contributed by atoms with Crippen LogP contribution in [-0.4, -0.2) is 42.5 Å². The van der Waals surface area contributed by atoms with Crippen LogP contribution in [0, 0.1) is 0 Å². The quantitative estimate of drug-likeness (QED) is 0.535. The number of ether oxygens (including phenoxy) is 2. The minimum Gasteiger partial charge on any atom is -0.493 e. The summed E-state index contributed by atoms with van der Waals surface area (Å²) in [5.74, 6) is 1.02. The summed E-state index contributed by atoms with van der Waals surface area (Å²) in [4.78, 5) is 27.7. The van der Waals surface area contributed by atoms with Gasteiger partial charge in [-0.2, -0.15) is 0 Å². The Balaban J connectivity index is 2.18. The van der Waals surface area contributed by atoms with E-state index in [-0.39, 0.29) is 23.8 Å². The molecular formula is C25H33BrN2O4. The zero-order valence-corrected chi connectivity index (χ0v) is 21.3. The Morgan fingerprint density at radius 3 is 2.16 bits per heavy atom. The van der Waals surface area contributed by atoms with Gasteiger partial charge < -0.3 is 19.7 Å². The summed E-state index contributed by atoms with van der Waals surface area (Å²) < 4.78 is 11.6. The van der Waals surface area contributed by atoms with Gasteiger partial charge in [0.05, 0.1) is 14.2 Å². The van der Waals surface area contributed by atoms with Crippen LogP contribution in [0.5, 0.6) is 11.5 Å². The predicted molar refractivity (Wildman–Crippen MR) is 130 cm³/mol. The van der Waals surface area contributed by atoms with Crippen molar-refractivity contribution in [2.24, 2.45) is 0 Å². The van der Waals surface area contributed by atoms with Crippen molar-refractivity contribution in [3.8, 4) is 11.5 Å². The second-order valence-electron chi connectivity index (χ2n) is 8.75. The molecule has 0 fully saturated rings. The highest BCUT2D eigenvalue weighted by molar-refractivity contribution is 9.10. The first kappa shape index (κ1) is 25.7. The molecule has 0 bridgehead atoms. The Bertz CT molecular complexity index is 923. The SMILES string of the molecule is COc1ccc(CCC(=O)N(Cc2ccc(Br)cc2)[C@@H](C)C(=O)NC(C)(C)C)cc1OC. The van der Waals surface area contributed by atoms with Gasteiger partial charge in [-0.15, -0.1) is 0 Å². The van der Waals surface area contributed by atoms with Crippen LogP contribution in [0.1, 0.15) is 45.2 Å². The summed E-state index contributed by atoms with van der Waals surface area (Å²) in [5.41, 5.74) is 1.55. The van der Waals surface area contributed by atoms with Gasteiger partial charge in [0.15, 0.2) is 11.5 Å². The van der Waals surface area contributed by atoms with Gasteiger partial charge in [0, 0.05) is 23.0 Å². The highest BCUT2D eigenvalue weighted by Crippen LogP contribution is 2.28. The Labute approximate surface area is 199 Å². The maximum Gasteiger partial charge on any atom is 0.242 e. The Hall–Kier alpha value is -2.54. The van der Waals surface area contributed by atoms with E-state index < -0.39 is 6.04 Å². The molecule has 2 aromatic rings. The number of hydrogen-bond acceptors (Lipinski definition) is 4. The lowest BCUT2D eigenvalue weighted by molar-refractivity contribution is -0.141. The zero-order chi connectivity index (χ0) is 23.9. The zero-order valence-electron chi connectivity index (χ0n) is 19.7. The van der Waals surface area contributed by atoms with Crippen molar-refractivity contribution in [1.29, 1.82) is 0 Å². The summed E-state index contributed by atoms with van der Waals surface area (Å²) in [6.45, 7) is 7.91. The fourth-order valence-electron chi connectivity index (χ4n) is 3.27. The van der Waals surface area contributed by atoms with E-state index in [0.717, 1.165) is 15.6 Å². The van der Waals surface area contributed by atoms with Gasteiger partial charge in [-0.25, -0.2) is 0 Å². The summed E-state index contributed by atoms with van der Waals surface area (Å²) in [7, 11) is 3.17. The molecule has 0 radical (unpaired) electrons. The summed E-state index contributed by atoms with van der Waals surface area (Å²) in [6, 6.07) is 12.8. The molecule has 0 aromatic heterocycles. The van der Waals surface area contributed by atoms with Crippen molar-refractivity contribution in [3.63, 3.8) is 0 Å². The van der Waals surface area contributed by atoms with Crippen molar-refractivity contribution in [2.75, 3.05) is 14.2 Å². The Morgan fingerprint density at radius 1 is 1.00 bits per heavy atom. The van der Waals surface area contributed by atoms with E-state index in [9.17, 15) is 9.59 Å². The van der Waals surface area contributed by atoms with E-state index in [1.165, 1.54) is 0 Å². The maximum absolute atomic E-state index is 13.3. The van der Waals surface area contributed by atoms with E-state index in [1.54, 1.807) is 26.0 Å². The molecule has 0 aliphatic carbocycles.